The summed E-state index contributed by atoms with van der Waals surface area (Å²) in [6, 6.07) is 7.32. The van der Waals surface area contributed by atoms with Crippen LogP contribution < -0.4 is 56.3 Å². The van der Waals surface area contributed by atoms with E-state index in [1.807, 2.05) is 24.0 Å². The van der Waals surface area contributed by atoms with E-state index in [9.17, 15) is 13.0 Å². The Morgan fingerprint density at radius 3 is 2.41 bits per heavy atom. The molecule has 1 heterocycles. The molecule has 0 atom stereocenters. The molecule has 0 radical (unpaired) electrons. The molecule has 2 N–H and O–H groups in total. The summed E-state index contributed by atoms with van der Waals surface area (Å²) in [6.07, 6.45) is 1.31. The number of H-pyrrole nitrogens is 1. The van der Waals surface area contributed by atoms with E-state index < -0.39 is 15.3 Å². The maximum atomic E-state index is 10.9. The number of nitrogens with zero attached hydrogens (tertiary/aromatic N) is 2. The fraction of sp³-hybridized carbons (Fsp3) is 0.308. The third-order valence-electron chi connectivity index (χ3n) is 3.08. The first-order valence-corrected chi connectivity index (χ1v) is 7.83. The van der Waals surface area contributed by atoms with Crippen LogP contribution in [0.3, 0.4) is 0 Å². The summed E-state index contributed by atoms with van der Waals surface area (Å²) in [7, 11) is -4.58. The summed E-state index contributed by atoms with van der Waals surface area (Å²) < 4.78 is 32.6. The average Bonchev–Trinajstić information content (AvgIpc) is 2.95. The summed E-state index contributed by atoms with van der Waals surface area (Å²) in [5.74, 6) is 0. The Morgan fingerprint density at radius 2 is 1.95 bits per heavy atom. The molecule has 2 aromatic rings. The van der Waals surface area contributed by atoms with Crippen LogP contribution in [0.15, 0.2) is 35.6 Å². The maximum Gasteiger partial charge on any atom is 1.00 e. The number of likely N-dealkylation sites (N-methyl/N-ethyl adjacent to an activating group) is 1. The van der Waals surface area contributed by atoms with Crippen molar-refractivity contribution in [1.82, 2.24) is 9.97 Å². The molecule has 0 fully saturated rings. The van der Waals surface area contributed by atoms with Gasteiger partial charge in [0.05, 0.1) is 18.5 Å². The average molecular weight is 349 g/mol. The zero-order valence-corrected chi connectivity index (χ0v) is 16.4. The first-order valence-electron chi connectivity index (χ1n) is 6.43. The number of hydrogen-bond donors (Lipinski definition) is 2. The van der Waals surface area contributed by atoms with Gasteiger partial charge in [-0.2, -0.15) is 0 Å². The third-order valence-corrected chi connectivity index (χ3v) is 3.77. The minimum Gasteiger partial charge on any atom is -0.742 e. The van der Waals surface area contributed by atoms with E-state index in [1.54, 1.807) is 12.1 Å². The summed E-state index contributed by atoms with van der Waals surface area (Å²) in [5.41, 5.74) is 2.13. The molecule has 0 unspecified atom stereocenters. The molecule has 0 saturated heterocycles. The molecule has 0 saturated carbocycles. The predicted molar refractivity (Wildman–Crippen MR) is 77.0 cm³/mol. The van der Waals surface area contributed by atoms with Crippen LogP contribution in [-0.2, 0) is 10.1 Å². The smallest absolute Gasteiger partial charge is 0.742 e. The SMILES string of the molecule is CCN(CCO)c1ccc(-c2cnc(S(=O)(=O)[O-])[nH]2)cc1.[K+]. The number of nitrogens with one attached hydrogen (secondary N) is 1. The molecule has 9 heteroatoms. The van der Waals surface area contributed by atoms with E-state index in [2.05, 4.69) is 9.97 Å². The molecule has 1 aromatic heterocycles. The van der Waals surface area contributed by atoms with Gasteiger partial charge in [-0.25, -0.2) is 13.4 Å². The summed E-state index contributed by atoms with van der Waals surface area (Å²) in [6.45, 7) is 3.37. The largest absolute Gasteiger partial charge is 1.00 e. The molecule has 0 amide bonds. The van der Waals surface area contributed by atoms with Crippen molar-refractivity contribution in [2.45, 2.75) is 12.1 Å². The Hall–Kier alpha value is -0.264. The van der Waals surface area contributed by atoms with Crippen LogP contribution >= 0.6 is 0 Å². The van der Waals surface area contributed by atoms with Gasteiger partial charge in [-0.15, -0.1) is 0 Å². The van der Waals surface area contributed by atoms with Crippen LogP contribution in [-0.4, -0.2) is 47.7 Å². The second-order valence-corrected chi connectivity index (χ2v) is 5.70. The van der Waals surface area contributed by atoms with E-state index in [0.29, 0.717) is 12.2 Å². The normalized spacial score (nSPS) is 11.0. The van der Waals surface area contributed by atoms with Crippen molar-refractivity contribution in [3.05, 3.63) is 30.5 Å². The fourth-order valence-corrected chi connectivity index (χ4v) is 2.44. The molecule has 22 heavy (non-hydrogen) atoms. The Kier molecular flexibility index (Phi) is 7.69. The van der Waals surface area contributed by atoms with Crippen molar-refractivity contribution in [1.29, 1.82) is 0 Å². The summed E-state index contributed by atoms with van der Waals surface area (Å²) in [5, 5.41) is 8.41. The van der Waals surface area contributed by atoms with Crippen LogP contribution in [0.5, 0.6) is 0 Å². The molecule has 0 spiro atoms. The number of anilines is 1. The Balaban J connectivity index is 0.00000242. The number of aliphatic hydroxyl groups is 1. The number of hydrogen-bond acceptors (Lipinski definition) is 6. The van der Waals surface area contributed by atoms with Gasteiger partial charge >= 0.3 is 51.4 Å². The van der Waals surface area contributed by atoms with E-state index >= 15 is 0 Å². The number of benzene rings is 1. The number of rotatable bonds is 6. The van der Waals surface area contributed by atoms with Crippen LogP contribution in [0.2, 0.25) is 0 Å². The molecular weight excluding hydrogens is 333 g/mol. The standard InChI is InChI=1S/C13H17N3O4S.K/c1-2-16(7-8-17)11-5-3-10(4-6-11)12-9-14-13(15-12)21(18,19)20;/h3-6,9,17H,2,7-8H2,1H3,(H,14,15)(H,18,19,20);/q;+1/p-1. The number of aromatic amines is 1. The topological polar surface area (TPSA) is 109 Å². The molecule has 2 rings (SSSR count). The monoisotopic (exact) mass is 349 g/mol. The van der Waals surface area contributed by atoms with Crippen LogP contribution in [0, 0.1) is 0 Å². The minimum atomic E-state index is -4.58. The molecule has 114 valence electrons. The van der Waals surface area contributed by atoms with Gasteiger partial charge < -0.3 is 19.5 Å². The van der Waals surface area contributed by atoms with E-state index in [1.165, 1.54) is 6.20 Å². The summed E-state index contributed by atoms with van der Waals surface area (Å²) in [4.78, 5) is 8.06. The fourth-order valence-electron chi connectivity index (χ4n) is 2.02. The van der Waals surface area contributed by atoms with E-state index in [0.717, 1.165) is 17.8 Å². The molecule has 0 aliphatic rings. The van der Waals surface area contributed by atoms with Gasteiger partial charge in [0.25, 0.3) is 0 Å². The van der Waals surface area contributed by atoms with Crippen molar-refractivity contribution in [3.63, 3.8) is 0 Å². The Labute approximate surface area is 171 Å². The molecule has 7 nitrogen and oxygen atoms in total. The number of aromatic nitrogens is 2. The van der Waals surface area contributed by atoms with Gasteiger partial charge in [-0.1, -0.05) is 12.1 Å². The summed E-state index contributed by atoms with van der Waals surface area (Å²) >= 11 is 0. The zero-order valence-electron chi connectivity index (χ0n) is 12.5. The van der Waals surface area contributed by atoms with Crippen molar-refractivity contribution in [3.8, 4) is 11.3 Å². The van der Waals surface area contributed by atoms with Crippen molar-refractivity contribution < 1.29 is 69.5 Å². The van der Waals surface area contributed by atoms with Gasteiger partial charge in [-0.05, 0) is 24.6 Å². The van der Waals surface area contributed by atoms with Crippen LogP contribution in [0.25, 0.3) is 11.3 Å². The van der Waals surface area contributed by atoms with Crippen molar-refractivity contribution in [2.24, 2.45) is 0 Å². The molecule has 0 aliphatic heterocycles. The van der Waals surface area contributed by atoms with Gasteiger partial charge in [0.15, 0.2) is 10.1 Å². The predicted octanol–water partition coefficient (Wildman–Crippen LogP) is -2.20. The zero-order chi connectivity index (χ0) is 15.5. The third kappa shape index (κ3) is 4.87. The van der Waals surface area contributed by atoms with Gasteiger partial charge in [0.2, 0.25) is 5.16 Å². The van der Waals surface area contributed by atoms with Gasteiger partial charge in [-0.3, -0.25) is 0 Å². The van der Waals surface area contributed by atoms with E-state index in [4.69, 9.17) is 5.11 Å². The molecule has 0 aliphatic carbocycles. The quantitative estimate of drug-likeness (QED) is 0.453. The Bertz CT molecular complexity index is 700. The number of imidazole rings is 1. The molecule has 1 aromatic carbocycles. The molecular formula is C13H16KN3O4S. The second-order valence-electron chi connectivity index (χ2n) is 4.41. The minimum absolute atomic E-state index is 0. The van der Waals surface area contributed by atoms with Crippen molar-refractivity contribution >= 4 is 15.8 Å². The van der Waals surface area contributed by atoms with Gasteiger partial charge in [0, 0.05) is 18.8 Å². The Morgan fingerprint density at radius 1 is 1.32 bits per heavy atom. The van der Waals surface area contributed by atoms with Crippen molar-refractivity contribution in [2.75, 3.05) is 24.6 Å². The van der Waals surface area contributed by atoms with Gasteiger partial charge in [0.1, 0.15) is 0 Å². The first kappa shape index (κ1) is 19.8. The molecule has 0 bridgehead atoms. The second kappa shape index (κ2) is 8.55. The van der Waals surface area contributed by atoms with Crippen LogP contribution in [0.4, 0.5) is 5.69 Å². The van der Waals surface area contributed by atoms with E-state index in [-0.39, 0.29) is 58.0 Å². The van der Waals surface area contributed by atoms with Crippen LogP contribution in [0.1, 0.15) is 6.92 Å². The maximum absolute atomic E-state index is 10.9. The number of aliphatic hydroxyl groups excluding tert-OH is 1. The first-order chi connectivity index (χ1) is 9.95.